The molecule has 0 saturated heterocycles. The lowest BCUT2D eigenvalue weighted by molar-refractivity contribution is 0.403. The molecule has 1 aromatic heterocycles. The van der Waals surface area contributed by atoms with Gasteiger partial charge in [0, 0.05) is 17.4 Å². The Balaban J connectivity index is 2.09. The fourth-order valence-electron chi connectivity index (χ4n) is 1.68. The van der Waals surface area contributed by atoms with E-state index in [1.54, 1.807) is 36.2 Å². The number of rotatable bonds is 5. The van der Waals surface area contributed by atoms with Crippen LogP contribution in [0.5, 0.6) is 5.75 Å². The number of hydrogen-bond donors (Lipinski definition) is 2. The van der Waals surface area contributed by atoms with E-state index in [1.165, 1.54) is 7.11 Å². The van der Waals surface area contributed by atoms with Gasteiger partial charge < -0.3 is 14.8 Å². The summed E-state index contributed by atoms with van der Waals surface area (Å²) in [5.74, 6) is 1.12. The minimum Gasteiger partial charge on any atom is -0.497 e. The van der Waals surface area contributed by atoms with E-state index in [-0.39, 0.29) is 0 Å². The van der Waals surface area contributed by atoms with E-state index < -0.39 is 7.12 Å². The minimum absolute atomic E-state index is 0.356. The number of benzene rings is 1. The summed E-state index contributed by atoms with van der Waals surface area (Å²) in [6.45, 7) is 0. The Labute approximate surface area is 126 Å². The van der Waals surface area contributed by atoms with Crippen molar-refractivity contribution in [1.82, 2.24) is 4.98 Å². The van der Waals surface area contributed by atoms with Crippen LogP contribution in [0, 0.1) is 0 Å². The van der Waals surface area contributed by atoms with Crippen LogP contribution < -0.4 is 10.2 Å². The number of aromatic nitrogens is 1. The molecule has 0 spiro atoms. The lowest BCUT2D eigenvalue weighted by atomic mass is 9.79. The SMILES string of the molecule is COc1ccc(CSc2ccc(Cl)cn2)cc1B(O)O. The number of ether oxygens (including phenoxy) is 1. The molecule has 2 aromatic rings. The predicted molar refractivity (Wildman–Crippen MR) is 81.6 cm³/mol. The highest BCUT2D eigenvalue weighted by molar-refractivity contribution is 7.98. The molecule has 0 aliphatic heterocycles. The first-order valence-corrected chi connectivity index (χ1v) is 7.24. The Morgan fingerprint density at radius 2 is 2.10 bits per heavy atom. The molecule has 1 heterocycles. The van der Waals surface area contributed by atoms with Gasteiger partial charge in [0.25, 0.3) is 0 Å². The van der Waals surface area contributed by atoms with Crippen LogP contribution in [0.2, 0.25) is 5.02 Å². The minimum atomic E-state index is -1.55. The highest BCUT2D eigenvalue weighted by atomic mass is 35.5. The summed E-state index contributed by atoms with van der Waals surface area (Å²) >= 11 is 7.32. The fourth-order valence-corrected chi connectivity index (χ4v) is 2.58. The van der Waals surface area contributed by atoms with Crippen LogP contribution in [-0.4, -0.2) is 29.3 Å². The highest BCUT2D eigenvalue weighted by Crippen LogP contribution is 2.22. The number of methoxy groups -OCH3 is 1. The van der Waals surface area contributed by atoms with Crippen molar-refractivity contribution in [2.45, 2.75) is 10.8 Å². The first-order chi connectivity index (χ1) is 9.60. The summed E-state index contributed by atoms with van der Waals surface area (Å²) in [4.78, 5) is 4.19. The molecule has 0 saturated carbocycles. The quantitative estimate of drug-likeness (QED) is 0.650. The molecule has 0 bridgehead atoms. The van der Waals surface area contributed by atoms with Crippen LogP contribution >= 0.6 is 23.4 Å². The van der Waals surface area contributed by atoms with Gasteiger partial charge >= 0.3 is 7.12 Å². The lowest BCUT2D eigenvalue weighted by Crippen LogP contribution is -2.31. The van der Waals surface area contributed by atoms with Crippen molar-refractivity contribution >= 4 is 35.9 Å². The highest BCUT2D eigenvalue weighted by Gasteiger charge is 2.17. The zero-order chi connectivity index (χ0) is 14.5. The van der Waals surface area contributed by atoms with Gasteiger partial charge in [-0.05, 0) is 23.8 Å². The van der Waals surface area contributed by atoms with Gasteiger partial charge in [-0.3, -0.25) is 0 Å². The van der Waals surface area contributed by atoms with Crippen LogP contribution in [0.1, 0.15) is 5.56 Å². The molecule has 0 aliphatic rings. The van der Waals surface area contributed by atoms with Gasteiger partial charge in [0.2, 0.25) is 0 Å². The van der Waals surface area contributed by atoms with Crippen LogP contribution in [0.15, 0.2) is 41.6 Å². The monoisotopic (exact) mass is 309 g/mol. The van der Waals surface area contributed by atoms with Gasteiger partial charge in [0.15, 0.2) is 0 Å². The summed E-state index contributed by atoms with van der Waals surface area (Å²) in [6.07, 6.45) is 1.60. The molecule has 2 rings (SSSR count). The Kier molecular flexibility index (Phi) is 5.31. The molecule has 0 fully saturated rings. The van der Waals surface area contributed by atoms with Crippen molar-refractivity contribution in [2.24, 2.45) is 0 Å². The summed E-state index contributed by atoms with van der Waals surface area (Å²) < 4.78 is 5.08. The maximum Gasteiger partial charge on any atom is 0.492 e. The van der Waals surface area contributed by atoms with E-state index in [1.807, 2.05) is 12.1 Å². The van der Waals surface area contributed by atoms with Crippen molar-refractivity contribution in [1.29, 1.82) is 0 Å². The summed E-state index contributed by atoms with van der Waals surface area (Å²) in [7, 11) is -0.0589. The van der Waals surface area contributed by atoms with Crippen LogP contribution in [0.3, 0.4) is 0 Å². The van der Waals surface area contributed by atoms with Crippen molar-refractivity contribution in [3.63, 3.8) is 0 Å². The molecule has 104 valence electrons. The van der Waals surface area contributed by atoms with E-state index in [4.69, 9.17) is 16.3 Å². The Hall–Kier alpha value is -1.21. The Morgan fingerprint density at radius 1 is 1.30 bits per heavy atom. The number of pyridine rings is 1. The topological polar surface area (TPSA) is 62.6 Å². The van der Waals surface area contributed by atoms with Crippen LogP contribution in [-0.2, 0) is 5.75 Å². The molecule has 20 heavy (non-hydrogen) atoms. The molecule has 0 atom stereocenters. The number of nitrogens with zero attached hydrogens (tertiary/aromatic N) is 1. The van der Waals surface area contributed by atoms with Crippen LogP contribution in [0.25, 0.3) is 0 Å². The molecular weight excluding hydrogens is 296 g/mol. The van der Waals surface area contributed by atoms with Gasteiger partial charge in [-0.1, -0.05) is 23.7 Å². The van der Waals surface area contributed by atoms with Gasteiger partial charge in [-0.25, -0.2) is 4.98 Å². The molecule has 0 radical (unpaired) electrons. The smallest absolute Gasteiger partial charge is 0.492 e. The lowest BCUT2D eigenvalue weighted by Gasteiger charge is -2.10. The standard InChI is InChI=1S/C13H13BClNO3S/c1-19-12-4-2-9(6-11(12)14(17)18)8-20-13-5-3-10(15)7-16-13/h2-7,17-18H,8H2,1H3. The van der Waals surface area contributed by atoms with E-state index in [9.17, 15) is 10.0 Å². The third kappa shape index (κ3) is 3.90. The maximum absolute atomic E-state index is 9.32. The largest absolute Gasteiger partial charge is 0.497 e. The zero-order valence-corrected chi connectivity index (χ0v) is 12.4. The van der Waals surface area contributed by atoms with E-state index >= 15 is 0 Å². The average Bonchev–Trinajstić information content (AvgIpc) is 2.46. The molecule has 7 heteroatoms. The fraction of sp³-hybridized carbons (Fsp3) is 0.154. The van der Waals surface area contributed by atoms with Gasteiger partial charge in [-0.15, -0.1) is 11.8 Å². The Morgan fingerprint density at radius 3 is 2.70 bits per heavy atom. The summed E-state index contributed by atoms with van der Waals surface area (Å²) in [6, 6.07) is 8.95. The van der Waals surface area contributed by atoms with E-state index in [0.29, 0.717) is 22.0 Å². The van der Waals surface area contributed by atoms with Gasteiger partial charge in [0.1, 0.15) is 5.75 Å². The number of thioether (sulfide) groups is 1. The second kappa shape index (κ2) is 6.99. The molecule has 0 aliphatic carbocycles. The summed E-state index contributed by atoms with van der Waals surface area (Å²) in [5, 5.41) is 20.1. The predicted octanol–water partition coefficient (Wildman–Crippen LogP) is 1.72. The van der Waals surface area contributed by atoms with Crippen molar-refractivity contribution in [2.75, 3.05) is 7.11 Å². The molecule has 1 aromatic carbocycles. The second-order valence-electron chi connectivity index (χ2n) is 4.05. The Bertz CT molecular complexity index is 580. The molecule has 4 nitrogen and oxygen atoms in total. The van der Waals surface area contributed by atoms with Crippen LogP contribution in [0.4, 0.5) is 0 Å². The first-order valence-electron chi connectivity index (χ1n) is 5.87. The number of hydrogen-bond acceptors (Lipinski definition) is 5. The first kappa shape index (κ1) is 15.2. The van der Waals surface area contributed by atoms with Crippen molar-refractivity contribution in [3.05, 3.63) is 47.1 Å². The third-order valence-corrected chi connectivity index (χ3v) is 3.90. The molecule has 0 unspecified atom stereocenters. The maximum atomic E-state index is 9.32. The second-order valence-corrected chi connectivity index (χ2v) is 5.49. The molecule has 0 amide bonds. The summed E-state index contributed by atoms with van der Waals surface area (Å²) in [5.41, 5.74) is 1.31. The molecule has 2 N–H and O–H groups in total. The normalized spacial score (nSPS) is 10.4. The van der Waals surface area contributed by atoms with Gasteiger partial charge in [-0.2, -0.15) is 0 Å². The average molecular weight is 310 g/mol. The number of halogens is 1. The van der Waals surface area contributed by atoms with Gasteiger partial charge in [0.05, 0.1) is 17.2 Å². The molecular formula is C13H13BClNO3S. The zero-order valence-electron chi connectivity index (χ0n) is 10.8. The van der Waals surface area contributed by atoms with E-state index in [0.717, 1.165) is 10.6 Å². The van der Waals surface area contributed by atoms with E-state index in [2.05, 4.69) is 4.98 Å². The van der Waals surface area contributed by atoms with Crippen molar-refractivity contribution in [3.8, 4) is 5.75 Å². The van der Waals surface area contributed by atoms with Crippen molar-refractivity contribution < 1.29 is 14.8 Å². The third-order valence-electron chi connectivity index (χ3n) is 2.66.